The van der Waals surface area contributed by atoms with Gasteiger partial charge in [0.25, 0.3) is 10.2 Å². The minimum absolute atomic E-state index is 0.0130. The van der Waals surface area contributed by atoms with Gasteiger partial charge in [-0.05, 0) is 44.4 Å². The molecule has 3 rings (SSSR count). The van der Waals surface area contributed by atoms with Crippen LogP contribution in [-0.2, 0) is 21.5 Å². The number of aromatic nitrogens is 1. The molecular formula is C19H31N5O3S. The van der Waals surface area contributed by atoms with Gasteiger partial charge in [0, 0.05) is 46.0 Å². The highest BCUT2D eigenvalue weighted by Crippen LogP contribution is 2.25. The number of amides is 1. The van der Waals surface area contributed by atoms with Crippen LogP contribution in [0.25, 0.3) is 0 Å². The van der Waals surface area contributed by atoms with Crippen molar-refractivity contribution in [3.8, 4) is 0 Å². The number of likely N-dealkylation sites (tertiary alicyclic amines) is 1. The largest absolute Gasteiger partial charge is 0.350 e. The van der Waals surface area contributed by atoms with Crippen LogP contribution < -0.4 is 5.32 Å². The minimum Gasteiger partial charge on any atom is -0.350 e. The highest BCUT2D eigenvalue weighted by molar-refractivity contribution is 7.86. The normalized spacial score (nSPS) is 23.0. The summed E-state index contributed by atoms with van der Waals surface area (Å²) in [5.74, 6) is 0.0731. The number of carbonyl (C=O) groups is 1. The van der Waals surface area contributed by atoms with E-state index in [0.717, 1.165) is 44.5 Å². The van der Waals surface area contributed by atoms with E-state index in [4.69, 9.17) is 0 Å². The van der Waals surface area contributed by atoms with Gasteiger partial charge in [0.05, 0.1) is 18.2 Å². The zero-order valence-corrected chi connectivity index (χ0v) is 17.6. The Morgan fingerprint density at radius 2 is 1.96 bits per heavy atom. The average molecular weight is 410 g/mol. The summed E-state index contributed by atoms with van der Waals surface area (Å²) in [5.41, 5.74) is 0.859. The summed E-state index contributed by atoms with van der Waals surface area (Å²) in [6.45, 7) is 3.27. The van der Waals surface area contributed by atoms with E-state index in [0.29, 0.717) is 25.7 Å². The Hall–Kier alpha value is -1.55. The number of hydrogen-bond acceptors (Lipinski definition) is 5. The predicted molar refractivity (Wildman–Crippen MR) is 108 cm³/mol. The molecule has 1 aromatic rings. The van der Waals surface area contributed by atoms with E-state index < -0.39 is 10.2 Å². The Morgan fingerprint density at radius 3 is 2.61 bits per heavy atom. The maximum atomic E-state index is 12.6. The summed E-state index contributed by atoms with van der Waals surface area (Å²) < 4.78 is 27.4. The van der Waals surface area contributed by atoms with Crippen LogP contribution in [0.5, 0.6) is 0 Å². The van der Waals surface area contributed by atoms with Crippen LogP contribution in [0.1, 0.15) is 31.4 Å². The van der Waals surface area contributed by atoms with E-state index in [2.05, 4.69) is 15.2 Å². The second kappa shape index (κ2) is 9.30. The zero-order valence-electron chi connectivity index (χ0n) is 16.7. The molecule has 28 heavy (non-hydrogen) atoms. The molecule has 1 atom stereocenters. The monoisotopic (exact) mass is 409 g/mol. The van der Waals surface area contributed by atoms with Crippen LogP contribution in [0.3, 0.4) is 0 Å². The first kappa shape index (κ1) is 21.2. The van der Waals surface area contributed by atoms with Gasteiger partial charge in [0.15, 0.2) is 0 Å². The maximum Gasteiger partial charge on any atom is 0.281 e. The van der Waals surface area contributed by atoms with Crippen molar-refractivity contribution < 1.29 is 13.2 Å². The van der Waals surface area contributed by atoms with Crippen LogP contribution in [0, 0.1) is 5.92 Å². The number of pyridine rings is 1. The minimum atomic E-state index is -3.33. The van der Waals surface area contributed by atoms with Crippen molar-refractivity contribution in [2.45, 2.75) is 38.3 Å². The summed E-state index contributed by atoms with van der Waals surface area (Å²) in [6.07, 6.45) is 5.26. The van der Waals surface area contributed by atoms with Gasteiger partial charge >= 0.3 is 0 Å². The molecule has 0 saturated carbocycles. The smallest absolute Gasteiger partial charge is 0.281 e. The predicted octanol–water partition coefficient (Wildman–Crippen LogP) is 0.681. The van der Waals surface area contributed by atoms with Gasteiger partial charge < -0.3 is 5.32 Å². The van der Waals surface area contributed by atoms with Crippen molar-refractivity contribution in [3.63, 3.8) is 0 Å². The molecule has 0 radical (unpaired) electrons. The quantitative estimate of drug-likeness (QED) is 0.747. The standard InChI is InChI=1S/C19H31N5O3S/c1-22(2)28(26,27)24-12-8-18(9-13-24)23-11-5-6-16(15-23)19(25)21-14-17-7-3-4-10-20-17/h3-4,7,10,16,18H,5-6,8-9,11-15H2,1-2H3,(H,21,25)/t16-/m1/s1. The van der Waals surface area contributed by atoms with E-state index >= 15 is 0 Å². The summed E-state index contributed by atoms with van der Waals surface area (Å²) >= 11 is 0. The lowest BCUT2D eigenvalue weighted by Crippen LogP contribution is -2.52. The fourth-order valence-corrected chi connectivity index (χ4v) is 5.18. The molecule has 0 aromatic carbocycles. The van der Waals surface area contributed by atoms with Gasteiger partial charge in [-0.15, -0.1) is 0 Å². The fourth-order valence-electron chi connectivity index (χ4n) is 4.05. The van der Waals surface area contributed by atoms with Crippen LogP contribution in [0.2, 0.25) is 0 Å². The number of nitrogens with one attached hydrogen (secondary N) is 1. The number of piperidine rings is 2. The Labute approximate surface area is 168 Å². The lowest BCUT2D eigenvalue weighted by Gasteiger charge is -2.42. The van der Waals surface area contributed by atoms with Crippen molar-refractivity contribution in [2.24, 2.45) is 5.92 Å². The van der Waals surface area contributed by atoms with Crippen molar-refractivity contribution in [3.05, 3.63) is 30.1 Å². The fraction of sp³-hybridized carbons (Fsp3) is 0.684. The molecule has 2 fully saturated rings. The van der Waals surface area contributed by atoms with E-state index in [1.807, 2.05) is 18.2 Å². The SMILES string of the molecule is CN(C)S(=O)(=O)N1CCC(N2CCC[C@@H](C(=O)NCc3ccccn3)C2)CC1. The third kappa shape index (κ3) is 5.08. The molecule has 8 nitrogen and oxygen atoms in total. The van der Waals surface area contributed by atoms with Gasteiger partial charge in [-0.2, -0.15) is 17.0 Å². The Balaban J connectivity index is 1.49. The number of rotatable bonds is 6. The van der Waals surface area contributed by atoms with Gasteiger partial charge in [-0.1, -0.05) is 6.07 Å². The van der Waals surface area contributed by atoms with Crippen molar-refractivity contribution in [1.82, 2.24) is 23.8 Å². The molecule has 2 aliphatic heterocycles. The third-order valence-electron chi connectivity index (χ3n) is 5.72. The first-order valence-corrected chi connectivity index (χ1v) is 11.4. The van der Waals surface area contributed by atoms with Crippen LogP contribution in [0.15, 0.2) is 24.4 Å². The summed E-state index contributed by atoms with van der Waals surface area (Å²) in [7, 11) is -0.195. The molecule has 1 N–H and O–H groups in total. The summed E-state index contributed by atoms with van der Waals surface area (Å²) in [4.78, 5) is 19.2. The number of hydrogen-bond donors (Lipinski definition) is 1. The van der Waals surface area contributed by atoms with Gasteiger partial charge in [-0.25, -0.2) is 0 Å². The number of nitrogens with zero attached hydrogens (tertiary/aromatic N) is 4. The van der Waals surface area contributed by atoms with E-state index in [1.54, 1.807) is 24.6 Å². The molecule has 0 unspecified atom stereocenters. The second-order valence-electron chi connectivity index (χ2n) is 7.79. The zero-order chi connectivity index (χ0) is 20.1. The third-order valence-corrected chi connectivity index (χ3v) is 7.66. The van der Waals surface area contributed by atoms with Crippen molar-refractivity contribution in [2.75, 3.05) is 40.3 Å². The molecular weight excluding hydrogens is 378 g/mol. The summed E-state index contributed by atoms with van der Waals surface area (Å²) in [6, 6.07) is 6.03. The van der Waals surface area contributed by atoms with Crippen LogP contribution >= 0.6 is 0 Å². The first-order chi connectivity index (χ1) is 13.4. The van der Waals surface area contributed by atoms with E-state index in [1.165, 1.54) is 4.31 Å². The van der Waals surface area contributed by atoms with Crippen LogP contribution in [-0.4, -0.2) is 79.1 Å². The van der Waals surface area contributed by atoms with E-state index in [9.17, 15) is 13.2 Å². The first-order valence-electron chi connectivity index (χ1n) is 9.97. The summed E-state index contributed by atoms with van der Waals surface area (Å²) in [5, 5.41) is 3.01. The molecule has 9 heteroatoms. The topological polar surface area (TPSA) is 85.9 Å². The Morgan fingerprint density at radius 1 is 1.21 bits per heavy atom. The van der Waals surface area contributed by atoms with Crippen molar-refractivity contribution >= 4 is 16.1 Å². The maximum absolute atomic E-state index is 12.6. The lowest BCUT2D eigenvalue weighted by atomic mass is 9.93. The lowest BCUT2D eigenvalue weighted by molar-refractivity contribution is -0.127. The average Bonchev–Trinajstić information content (AvgIpc) is 2.73. The molecule has 0 spiro atoms. The molecule has 1 amide bonds. The molecule has 2 aliphatic rings. The number of carbonyl (C=O) groups excluding carboxylic acids is 1. The van der Waals surface area contributed by atoms with Crippen LogP contribution in [0.4, 0.5) is 0 Å². The Kier molecular flexibility index (Phi) is 7.03. The van der Waals surface area contributed by atoms with E-state index in [-0.39, 0.29) is 11.8 Å². The van der Waals surface area contributed by atoms with Gasteiger partial charge in [0.1, 0.15) is 0 Å². The Bertz CT molecular complexity index is 748. The molecule has 2 saturated heterocycles. The molecule has 1 aromatic heterocycles. The van der Waals surface area contributed by atoms with Crippen molar-refractivity contribution in [1.29, 1.82) is 0 Å². The highest BCUT2D eigenvalue weighted by atomic mass is 32.2. The molecule has 156 valence electrons. The van der Waals surface area contributed by atoms with Gasteiger partial charge in [0.2, 0.25) is 5.91 Å². The molecule has 0 aliphatic carbocycles. The molecule has 3 heterocycles. The highest BCUT2D eigenvalue weighted by Gasteiger charge is 2.34. The molecule has 0 bridgehead atoms. The second-order valence-corrected chi connectivity index (χ2v) is 9.94. The van der Waals surface area contributed by atoms with Gasteiger partial charge in [-0.3, -0.25) is 14.7 Å².